The Labute approximate surface area is 362 Å². The topological polar surface area (TPSA) is 93.1 Å². The number of ketones is 1. The molecule has 0 aromatic rings. The number of hydrogen-bond acceptors (Lipinski definition) is 7. The molecule has 0 bridgehead atoms. The number of rotatable bonds is 32. The molecule has 0 aromatic carbocycles. The maximum atomic E-state index is 13.0. The highest BCUT2D eigenvalue weighted by atomic mass is 16.5. The van der Waals surface area contributed by atoms with Gasteiger partial charge >= 0.3 is 11.9 Å². The van der Waals surface area contributed by atoms with Crippen LogP contribution in [-0.2, 0) is 23.9 Å². The Balaban J connectivity index is 1.09. The number of aliphatic hydroxyl groups is 1. The van der Waals surface area contributed by atoms with E-state index in [1.807, 2.05) is 0 Å². The van der Waals surface area contributed by atoms with E-state index in [1.54, 1.807) is 0 Å². The van der Waals surface area contributed by atoms with Gasteiger partial charge in [-0.2, -0.15) is 0 Å². The van der Waals surface area contributed by atoms with Crippen molar-refractivity contribution in [1.82, 2.24) is 4.90 Å². The SMILES string of the molecule is CCCCCCCCC(CCCCCCCC)OC(=O)CCCCCN(CCCCO)CCCCCC(=O)OC1CCC2(C)C(=CCC3C4CCC(=O)C4(C)CCC32)C1. The van der Waals surface area contributed by atoms with E-state index in [2.05, 4.69) is 38.7 Å². The number of hydrogen-bond donors (Lipinski definition) is 1. The average molecular weight is 826 g/mol. The number of nitrogens with zero attached hydrogens (tertiary/aromatic N) is 1. The molecule has 0 amide bonds. The summed E-state index contributed by atoms with van der Waals surface area (Å²) in [5.74, 6) is 2.30. The van der Waals surface area contributed by atoms with Gasteiger partial charge in [-0.05, 0) is 146 Å². The minimum atomic E-state index is -0.0876. The molecule has 6 atom stereocenters. The van der Waals surface area contributed by atoms with Gasteiger partial charge in [0.15, 0.2) is 0 Å². The molecule has 0 aliphatic heterocycles. The Kier molecular flexibility index (Phi) is 23.1. The van der Waals surface area contributed by atoms with E-state index in [0.29, 0.717) is 36.4 Å². The third kappa shape index (κ3) is 16.2. The van der Waals surface area contributed by atoms with Crippen molar-refractivity contribution >= 4 is 17.7 Å². The van der Waals surface area contributed by atoms with Crippen LogP contribution < -0.4 is 0 Å². The first-order chi connectivity index (χ1) is 28.6. The van der Waals surface area contributed by atoms with Crippen LogP contribution in [0.4, 0.5) is 0 Å². The molecule has 3 saturated carbocycles. The second kappa shape index (κ2) is 27.4. The number of ether oxygens (including phenoxy) is 2. The normalized spacial score (nSPS) is 26.4. The zero-order chi connectivity index (χ0) is 42.4. The second-order valence-electron chi connectivity index (χ2n) is 20.2. The van der Waals surface area contributed by atoms with Gasteiger partial charge < -0.3 is 19.5 Å². The lowest BCUT2D eigenvalue weighted by Crippen LogP contribution is -2.50. The van der Waals surface area contributed by atoms with Crippen molar-refractivity contribution in [1.29, 1.82) is 0 Å². The van der Waals surface area contributed by atoms with Crippen molar-refractivity contribution in [3.8, 4) is 0 Å². The van der Waals surface area contributed by atoms with Crippen molar-refractivity contribution in [2.45, 2.75) is 245 Å². The van der Waals surface area contributed by atoms with Gasteiger partial charge in [0.2, 0.25) is 0 Å². The molecule has 1 N–H and O–H groups in total. The fraction of sp³-hybridized carbons (Fsp3) is 0.904. The van der Waals surface area contributed by atoms with E-state index < -0.39 is 0 Å². The summed E-state index contributed by atoms with van der Waals surface area (Å²) in [6, 6.07) is 0. The van der Waals surface area contributed by atoms with E-state index >= 15 is 0 Å². The fourth-order valence-electron chi connectivity index (χ4n) is 11.9. The number of esters is 2. The lowest BCUT2D eigenvalue weighted by atomic mass is 9.48. The Morgan fingerprint density at radius 3 is 1.86 bits per heavy atom. The van der Waals surface area contributed by atoms with Crippen LogP contribution in [0.2, 0.25) is 0 Å². The first-order valence-electron chi connectivity index (χ1n) is 25.6. The minimum absolute atomic E-state index is 0.000743. The molecule has 0 spiro atoms. The summed E-state index contributed by atoms with van der Waals surface area (Å²) in [5.41, 5.74) is 1.62. The Hall–Kier alpha value is -1.73. The standard InChI is InChI=1S/C52H91NO6/c1-5-7-9-11-13-17-25-43(26-18-14-12-10-8-6-2)58-49(56)27-19-15-21-37-53(39-23-24-40-54)38-22-16-20-28-50(57)59-44-33-35-51(3)42(41-44)29-30-45-46-31-32-48(55)52(46,4)36-34-47(45)51/h29,43-47,54H,5-28,30-41H2,1-4H3. The van der Waals surface area contributed by atoms with Gasteiger partial charge in [0.25, 0.3) is 0 Å². The molecule has 3 fully saturated rings. The molecule has 0 saturated heterocycles. The van der Waals surface area contributed by atoms with Gasteiger partial charge in [-0.1, -0.05) is 116 Å². The number of Topliss-reactive ketones (excluding diaryl/α,β-unsaturated/α-hetero) is 1. The Morgan fingerprint density at radius 1 is 0.695 bits per heavy atom. The fourth-order valence-corrected chi connectivity index (χ4v) is 11.9. The van der Waals surface area contributed by atoms with Crippen LogP contribution in [0, 0.1) is 28.6 Å². The first kappa shape index (κ1) is 49.9. The van der Waals surface area contributed by atoms with Crippen molar-refractivity contribution < 1.29 is 29.0 Å². The maximum Gasteiger partial charge on any atom is 0.306 e. The number of carbonyl (C=O) groups is 3. The predicted octanol–water partition coefficient (Wildman–Crippen LogP) is 13.0. The van der Waals surface area contributed by atoms with E-state index in [0.717, 1.165) is 135 Å². The van der Waals surface area contributed by atoms with Gasteiger partial charge in [0.05, 0.1) is 0 Å². The second-order valence-corrected chi connectivity index (χ2v) is 20.2. The molecule has 4 rings (SSSR count). The van der Waals surface area contributed by atoms with Crippen LogP contribution >= 0.6 is 0 Å². The summed E-state index contributed by atoms with van der Waals surface area (Å²) in [5, 5.41) is 9.38. The van der Waals surface area contributed by atoms with Gasteiger partial charge in [-0.15, -0.1) is 0 Å². The summed E-state index contributed by atoms with van der Waals surface area (Å²) in [6.45, 7) is 12.5. The highest BCUT2D eigenvalue weighted by molar-refractivity contribution is 5.87. The van der Waals surface area contributed by atoms with Crippen LogP contribution in [0.15, 0.2) is 11.6 Å². The van der Waals surface area contributed by atoms with Gasteiger partial charge in [-0.25, -0.2) is 0 Å². The third-order valence-electron chi connectivity index (χ3n) is 15.7. The van der Waals surface area contributed by atoms with E-state index in [-0.39, 0.29) is 41.6 Å². The zero-order valence-corrected chi connectivity index (χ0v) is 38.9. The molecule has 0 radical (unpaired) electrons. The largest absolute Gasteiger partial charge is 0.462 e. The van der Waals surface area contributed by atoms with Crippen molar-refractivity contribution in [2.24, 2.45) is 28.6 Å². The lowest BCUT2D eigenvalue weighted by molar-refractivity contribution is -0.152. The number of unbranched alkanes of at least 4 members (excludes halogenated alkanes) is 15. The summed E-state index contributed by atoms with van der Waals surface area (Å²) in [6.07, 6.45) is 36.7. The highest BCUT2D eigenvalue weighted by Crippen LogP contribution is 2.64. The van der Waals surface area contributed by atoms with Crippen LogP contribution in [0.3, 0.4) is 0 Å². The van der Waals surface area contributed by atoms with Crippen LogP contribution in [0.5, 0.6) is 0 Å². The number of allylic oxidation sites excluding steroid dienone is 1. The molecule has 7 heteroatoms. The van der Waals surface area contributed by atoms with E-state index in [1.165, 1.54) is 82.6 Å². The van der Waals surface area contributed by atoms with Gasteiger partial charge in [-0.3, -0.25) is 14.4 Å². The lowest BCUT2D eigenvalue weighted by Gasteiger charge is -2.56. The third-order valence-corrected chi connectivity index (χ3v) is 15.7. The zero-order valence-electron chi connectivity index (χ0n) is 38.9. The summed E-state index contributed by atoms with van der Waals surface area (Å²) >= 11 is 0. The molecule has 0 heterocycles. The van der Waals surface area contributed by atoms with E-state index in [4.69, 9.17) is 9.47 Å². The molecule has 59 heavy (non-hydrogen) atoms. The van der Waals surface area contributed by atoms with Crippen LogP contribution in [-0.4, -0.2) is 66.2 Å². The van der Waals surface area contributed by atoms with E-state index in [9.17, 15) is 19.5 Å². The summed E-state index contributed by atoms with van der Waals surface area (Å²) in [4.78, 5) is 41.2. The van der Waals surface area contributed by atoms with Crippen molar-refractivity contribution in [2.75, 3.05) is 26.2 Å². The predicted molar refractivity (Wildman–Crippen MR) is 242 cm³/mol. The molecule has 6 unspecified atom stereocenters. The van der Waals surface area contributed by atoms with Gasteiger partial charge in [0, 0.05) is 37.7 Å². The maximum absolute atomic E-state index is 13.0. The summed E-state index contributed by atoms with van der Waals surface area (Å²) < 4.78 is 12.2. The molecule has 7 nitrogen and oxygen atoms in total. The highest BCUT2D eigenvalue weighted by Gasteiger charge is 2.58. The number of aliphatic hydroxyl groups excluding tert-OH is 1. The monoisotopic (exact) mass is 826 g/mol. The Morgan fingerprint density at radius 2 is 1.24 bits per heavy atom. The van der Waals surface area contributed by atoms with Crippen molar-refractivity contribution in [3.63, 3.8) is 0 Å². The number of carbonyl (C=O) groups excluding carboxylic acids is 3. The minimum Gasteiger partial charge on any atom is -0.462 e. The molecular weight excluding hydrogens is 735 g/mol. The van der Waals surface area contributed by atoms with Crippen molar-refractivity contribution in [3.05, 3.63) is 11.6 Å². The molecule has 0 aromatic heterocycles. The first-order valence-corrected chi connectivity index (χ1v) is 25.6. The quantitative estimate of drug-likeness (QED) is 0.0410. The average Bonchev–Trinajstić information content (AvgIpc) is 3.53. The molecular formula is C52H91NO6. The molecule has 340 valence electrons. The number of fused-ring (bicyclic) bond motifs is 5. The van der Waals surface area contributed by atoms with Gasteiger partial charge in [0.1, 0.15) is 18.0 Å². The molecule has 4 aliphatic rings. The Bertz CT molecular complexity index is 1230. The molecule has 4 aliphatic carbocycles. The summed E-state index contributed by atoms with van der Waals surface area (Å²) in [7, 11) is 0. The smallest absolute Gasteiger partial charge is 0.306 e. The van der Waals surface area contributed by atoms with Crippen LogP contribution in [0.25, 0.3) is 0 Å². The van der Waals surface area contributed by atoms with Crippen LogP contribution in [0.1, 0.15) is 233 Å².